The topological polar surface area (TPSA) is 122 Å². The second-order valence-corrected chi connectivity index (χ2v) is 8.00. The van der Waals surface area contributed by atoms with Gasteiger partial charge < -0.3 is 10.6 Å². The van der Waals surface area contributed by atoms with Gasteiger partial charge in [-0.2, -0.15) is 0 Å². The van der Waals surface area contributed by atoms with E-state index in [-0.39, 0.29) is 17.2 Å². The van der Waals surface area contributed by atoms with Gasteiger partial charge in [-0.05, 0) is 36.5 Å². The molecule has 1 fully saturated rings. The fraction of sp³-hybridized carbons (Fsp3) is 0.318. The van der Waals surface area contributed by atoms with E-state index in [1.54, 1.807) is 0 Å². The van der Waals surface area contributed by atoms with E-state index in [4.69, 9.17) is 0 Å². The van der Waals surface area contributed by atoms with Gasteiger partial charge >= 0.3 is 6.03 Å². The van der Waals surface area contributed by atoms with Gasteiger partial charge in [0.15, 0.2) is 0 Å². The smallest absolute Gasteiger partial charge is 0.324 e. The summed E-state index contributed by atoms with van der Waals surface area (Å²) in [5, 5.41) is 16.4. The molecule has 1 atom stereocenters. The van der Waals surface area contributed by atoms with Crippen molar-refractivity contribution in [1.29, 1.82) is 0 Å². The van der Waals surface area contributed by atoms with Gasteiger partial charge in [-0.25, -0.2) is 4.79 Å². The van der Waals surface area contributed by atoms with Crippen molar-refractivity contribution in [3.05, 3.63) is 69.3 Å². The number of amides is 4. The van der Waals surface area contributed by atoms with Gasteiger partial charge in [0, 0.05) is 17.8 Å². The molecule has 1 aliphatic rings. The highest BCUT2D eigenvalue weighted by Gasteiger charge is 2.49. The Bertz CT molecular complexity index is 1080. The largest absolute Gasteiger partial charge is 0.325 e. The van der Waals surface area contributed by atoms with Crippen molar-refractivity contribution < 1.29 is 19.3 Å². The number of rotatable bonds is 6. The number of nitrogens with one attached hydrogen (secondary N) is 2. The standard InChI is InChI=1S/C22H24N4O5/c1-13(2)17-10-5-7-14(3)19(17)23-18(27)12-25-20(28)22(4,24-21(25)29)15-8-6-9-16(11-15)26(30)31/h5-11,13H,12H2,1-4H3,(H,23,27)(H,24,29). The van der Waals surface area contributed by atoms with Crippen molar-refractivity contribution in [2.45, 2.75) is 39.2 Å². The van der Waals surface area contributed by atoms with Crippen molar-refractivity contribution in [2.24, 2.45) is 0 Å². The lowest BCUT2D eigenvalue weighted by atomic mass is 9.91. The van der Waals surface area contributed by atoms with Crippen LogP contribution in [0.3, 0.4) is 0 Å². The number of nitrogens with zero attached hydrogens (tertiary/aromatic N) is 2. The lowest BCUT2D eigenvalue weighted by Gasteiger charge is -2.22. The number of nitro benzene ring substituents is 1. The first kappa shape index (κ1) is 21.9. The summed E-state index contributed by atoms with van der Waals surface area (Å²) < 4.78 is 0. The second kappa shape index (κ2) is 8.17. The maximum atomic E-state index is 13.0. The summed E-state index contributed by atoms with van der Waals surface area (Å²) in [5.74, 6) is -0.992. The first-order valence-corrected chi connectivity index (χ1v) is 9.83. The third-order valence-electron chi connectivity index (χ3n) is 5.40. The Morgan fingerprint density at radius 1 is 1.23 bits per heavy atom. The minimum absolute atomic E-state index is 0.170. The van der Waals surface area contributed by atoms with Gasteiger partial charge in [0.2, 0.25) is 5.91 Å². The van der Waals surface area contributed by atoms with E-state index < -0.39 is 34.9 Å². The van der Waals surface area contributed by atoms with Crippen molar-refractivity contribution in [1.82, 2.24) is 10.2 Å². The summed E-state index contributed by atoms with van der Waals surface area (Å²) in [7, 11) is 0. The van der Waals surface area contributed by atoms with Crippen LogP contribution in [0.25, 0.3) is 0 Å². The summed E-state index contributed by atoms with van der Waals surface area (Å²) in [6, 6.07) is 10.5. The Morgan fingerprint density at radius 3 is 2.55 bits per heavy atom. The molecule has 0 saturated carbocycles. The zero-order valence-corrected chi connectivity index (χ0v) is 17.8. The highest BCUT2D eigenvalue weighted by molar-refractivity contribution is 6.10. The summed E-state index contributed by atoms with van der Waals surface area (Å²) in [5.41, 5.74) is 1.05. The number of non-ortho nitro benzene ring substituents is 1. The molecule has 9 nitrogen and oxygen atoms in total. The van der Waals surface area contributed by atoms with Crippen LogP contribution in [0.1, 0.15) is 43.4 Å². The molecule has 0 aromatic heterocycles. The van der Waals surface area contributed by atoms with Crippen LogP contribution in [0.15, 0.2) is 42.5 Å². The van der Waals surface area contributed by atoms with Crippen molar-refractivity contribution >= 4 is 29.2 Å². The number of aryl methyl sites for hydroxylation is 1. The monoisotopic (exact) mass is 424 g/mol. The third kappa shape index (κ3) is 4.11. The van der Waals surface area contributed by atoms with Crippen molar-refractivity contribution in [2.75, 3.05) is 11.9 Å². The van der Waals surface area contributed by atoms with E-state index in [1.807, 2.05) is 39.0 Å². The number of para-hydroxylation sites is 1. The zero-order chi connectivity index (χ0) is 22.9. The van der Waals surface area contributed by atoms with Crippen LogP contribution in [0.2, 0.25) is 0 Å². The molecule has 1 heterocycles. The van der Waals surface area contributed by atoms with Gasteiger partial charge in [0.1, 0.15) is 12.1 Å². The van der Waals surface area contributed by atoms with Crippen LogP contribution in [0.5, 0.6) is 0 Å². The lowest BCUT2D eigenvalue weighted by molar-refractivity contribution is -0.385. The highest BCUT2D eigenvalue weighted by Crippen LogP contribution is 2.31. The van der Waals surface area contributed by atoms with E-state index in [9.17, 15) is 24.5 Å². The SMILES string of the molecule is Cc1cccc(C(C)C)c1NC(=O)CN1C(=O)NC(C)(c2cccc([N+](=O)[O-])c2)C1=O. The number of hydrogen-bond donors (Lipinski definition) is 2. The van der Waals surface area contributed by atoms with Gasteiger partial charge in [-0.3, -0.25) is 24.6 Å². The molecule has 2 N–H and O–H groups in total. The summed E-state index contributed by atoms with van der Waals surface area (Å²) in [6.45, 7) is 6.87. The molecule has 1 unspecified atom stereocenters. The number of carbonyl (C=O) groups excluding carboxylic acids is 3. The number of hydrogen-bond acceptors (Lipinski definition) is 5. The van der Waals surface area contributed by atoms with E-state index in [0.717, 1.165) is 16.0 Å². The summed E-state index contributed by atoms with van der Waals surface area (Å²) >= 11 is 0. The van der Waals surface area contributed by atoms with Crippen LogP contribution in [-0.2, 0) is 15.1 Å². The van der Waals surface area contributed by atoms with E-state index in [1.165, 1.54) is 31.2 Å². The molecular formula is C22H24N4O5. The first-order valence-electron chi connectivity index (χ1n) is 9.83. The van der Waals surface area contributed by atoms with E-state index in [2.05, 4.69) is 10.6 Å². The first-order chi connectivity index (χ1) is 14.5. The number of imide groups is 1. The fourth-order valence-corrected chi connectivity index (χ4v) is 3.63. The van der Waals surface area contributed by atoms with Crippen LogP contribution >= 0.6 is 0 Å². The molecule has 2 aromatic carbocycles. The van der Waals surface area contributed by atoms with E-state index >= 15 is 0 Å². The fourth-order valence-electron chi connectivity index (χ4n) is 3.63. The molecule has 0 spiro atoms. The average Bonchev–Trinajstić information content (AvgIpc) is 2.93. The predicted molar refractivity (Wildman–Crippen MR) is 115 cm³/mol. The van der Waals surface area contributed by atoms with E-state index in [0.29, 0.717) is 5.69 Å². The highest BCUT2D eigenvalue weighted by atomic mass is 16.6. The van der Waals surface area contributed by atoms with Gasteiger partial charge in [-0.15, -0.1) is 0 Å². The van der Waals surface area contributed by atoms with Crippen molar-refractivity contribution in [3.63, 3.8) is 0 Å². The Morgan fingerprint density at radius 2 is 1.90 bits per heavy atom. The minimum atomic E-state index is -1.50. The normalized spacial score (nSPS) is 18.3. The third-order valence-corrected chi connectivity index (χ3v) is 5.40. The molecule has 1 saturated heterocycles. The van der Waals surface area contributed by atoms with Crippen LogP contribution in [0.4, 0.5) is 16.2 Å². The minimum Gasteiger partial charge on any atom is -0.324 e. The van der Waals surface area contributed by atoms with Crippen LogP contribution < -0.4 is 10.6 Å². The van der Waals surface area contributed by atoms with Crippen LogP contribution in [0, 0.1) is 17.0 Å². The Balaban J connectivity index is 1.82. The van der Waals surface area contributed by atoms with Crippen LogP contribution in [-0.4, -0.2) is 34.2 Å². The Hall–Kier alpha value is -3.75. The number of benzene rings is 2. The molecule has 0 aliphatic carbocycles. The maximum Gasteiger partial charge on any atom is 0.325 e. The Kier molecular flexibility index (Phi) is 5.79. The molecular weight excluding hydrogens is 400 g/mol. The quantitative estimate of drug-likeness (QED) is 0.418. The Labute approximate surface area is 179 Å². The molecule has 1 aliphatic heterocycles. The number of carbonyl (C=O) groups is 3. The lowest BCUT2D eigenvalue weighted by Crippen LogP contribution is -2.42. The number of anilines is 1. The summed E-state index contributed by atoms with van der Waals surface area (Å²) in [4.78, 5) is 49.6. The van der Waals surface area contributed by atoms with Gasteiger partial charge in [0.05, 0.1) is 4.92 Å². The molecule has 9 heteroatoms. The molecule has 162 valence electrons. The zero-order valence-electron chi connectivity index (χ0n) is 17.8. The maximum absolute atomic E-state index is 13.0. The second-order valence-electron chi connectivity index (χ2n) is 8.00. The summed E-state index contributed by atoms with van der Waals surface area (Å²) in [6.07, 6.45) is 0. The molecule has 0 bridgehead atoms. The number of urea groups is 1. The number of nitro groups is 1. The van der Waals surface area contributed by atoms with Gasteiger partial charge in [-0.1, -0.05) is 44.2 Å². The average molecular weight is 424 g/mol. The molecule has 2 aromatic rings. The molecule has 4 amide bonds. The molecule has 31 heavy (non-hydrogen) atoms. The van der Waals surface area contributed by atoms with Gasteiger partial charge in [0.25, 0.3) is 11.6 Å². The van der Waals surface area contributed by atoms with Crippen molar-refractivity contribution in [3.8, 4) is 0 Å². The molecule has 0 radical (unpaired) electrons. The molecule has 3 rings (SSSR count). The predicted octanol–water partition coefficient (Wildman–Crippen LogP) is 3.43.